The van der Waals surface area contributed by atoms with E-state index in [0.29, 0.717) is 19.8 Å². The van der Waals surface area contributed by atoms with E-state index in [9.17, 15) is 0 Å². The zero-order valence-corrected chi connectivity index (χ0v) is 15.0. The molecule has 0 aliphatic rings. The molecule has 0 fully saturated rings. The van der Waals surface area contributed by atoms with Crippen molar-refractivity contribution in [2.75, 3.05) is 66.2 Å². The topological polar surface area (TPSA) is 58.1 Å². The number of hydrogen-bond donors (Lipinski definition) is 2. The van der Waals surface area contributed by atoms with E-state index in [-0.39, 0.29) is 0 Å². The molecule has 6 heteroatoms. The molecule has 0 saturated carbocycles. The van der Waals surface area contributed by atoms with Crippen LogP contribution in [0.25, 0.3) is 0 Å². The first-order valence-electron chi connectivity index (χ1n) is 8.60. The number of aliphatic imine (C=N–C) groups is 1. The number of ether oxygens (including phenoxy) is 2. The monoisotopic (exact) mass is 316 g/mol. The Balaban J connectivity index is 3.62. The molecule has 0 bridgehead atoms. The number of nitrogens with zero attached hydrogens (tertiary/aromatic N) is 2. The van der Waals surface area contributed by atoms with Gasteiger partial charge in [0.1, 0.15) is 0 Å². The van der Waals surface area contributed by atoms with Crippen LogP contribution >= 0.6 is 0 Å². The number of likely N-dealkylation sites (N-methyl/N-ethyl adjacent to an activating group) is 1. The zero-order chi connectivity index (χ0) is 16.5. The normalized spacial score (nSPS) is 12.0. The highest BCUT2D eigenvalue weighted by Crippen LogP contribution is 1.87. The Kier molecular flexibility index (Phi) is 15.9. The molecule has 0 saturated heterocycles. The average molecular weight is 316 g/mol. The Hall–Kier alpha value is -0.850. The van der Waals surface area contributed by atoms with Gasteiger partial charge < -0.3 is 25.0 Å². The molecule has 0 atom stereocenters. The minimum Gasteiger partial charge on any atom is -0.379 e. The van der Waals surface area contributed by atoms with Crippen molar-refractivity contribution in [1.29, 1.82) is 0 Å². The van der Waals surface area contributed by atoms with Crippen molar-refractivity contribution in [3.8, 4) is 0 Å². The number of guanidine groups is 1. The molecule has 0 heterocycles. The summed E-state index contributed by atoms with van der Waals surface area (Å²) < 4.78 is 11.0. The number of hydrogen-bond acceptors (Lipinski definition) is 4. The maximum atomic E-state index is 5.52. The van der Waals surface area contributed by atoms with Crippen LogP contribution in [0.5, 0.6) is 0 Å². The maximum Gasteiger partial charge on any atom is 0.191 e. The summed E-state index contributed by atoms with van der Waals surface area (Å²) in [6.45, 7) is 13.6. The largest absolute Gasteiger partial charge is 0.379 e. The molecule has 22 heavy (non-hydrogen) atoms. The summed E-state index contributed by atoms with van der Waals surface area (Å²) in [5, 5.41) is 6.52. The lowest BCUT2D eigenvalue weighted by Crippen LogP contribution is -2.39. The summed E-state index contributed by atoms with van der Waals surface area (Å²) in [5.74, 6) is 0.856. The maximum absolute atomic E-state index is 5.52. The Bertz CT molecular complexity index is 263. The number of unbranched alkanes of at least 4 members (excludes halogenated alkanes) is 1. The van der Waals surface area contributed by atoms with Gasteiger partial charge in [-0.15, -0.1) is 0 Å². The molecule has 2 N–H and O–H groups in total. The predicted molar refractivity (Wildman–Crippen MR) is 93.7 cm³/mol. The molecule has 0 aromatic heterocycles. The first-order chi connectivity index (χ1) is 10.7. The second-order valence-electron chi connectivity index (χ2n) is 5.16. The van der Waals surface area contributed by atoms with Gasteiger partial charge in [0.15, 0.2) is 5.96 Å². The predicted octanol–water partition coefficient (Wildman–Crippen LogP) is 1.33. The quantitative estimate of drug-likeness (QED) is 0.288. The van der Waals surface area contributed by atoms with Gasteiger partial charge >= 0.3 is 0 Å². The highest BCUT2D eigenvalue weighted by atomic mass is 16.5. The van der Waals surface area contributed by atoms with Gasteiger partial charge in [0.25, 0.3) is 0 Å². The van der Waals surface area contributed by atoms with Crippen molar-refractivity contribution in [1.82, 2.24) is 15.5 Å². The van der Waals surface area contributed by atoms with Crippen LogP contribution in [0.1, 0.15) is 33.6 Å². The van der Waals surface area contributed by atoms with Crippen LogP contribution in [0.15, 0.2) is 4.99 Å². The van der Waals surface area contributed by atoms with E-state index in [1.807, 2.05) is 0 Å². The lowest BCUT2D eigenvalue weighted by molar-refractivity contribution is 0.0487. The smallest absolute Gasteiger partial charge is 0.191 e. The van der Waals surface area contributed by atoms with Gasteiger partial charge in [-0.2, -0.15) is 0 Å². The molecule has 0 aliphatic heterocycles. The Morgan fingerprint density at radius 2 is 1.73 bits per heavy atom. The van der Waals surface area contributed by atoms with Crippen LogP contribution in [0, 0.1) is 0 Å². The van der Waals surface area contributed by atoms with E-state index in [2.05, 4.69) is 48.3 Å². The fourth-order valence-electron chi connectivity index (χ4n) is 1.64. The summed E-state index contributed by atoms with van der Waals surface area (Å²) in [6, 6.07) is 0. The molecule has 0 aliphatic carbocycles. The van der Waals surface area contributed by atoms with Crippen LogP contribution in [0.3, 0.4) is 0 Å². The molecular weight excluding hydrogens is 280 g/mol. The summed E-state index contributed by atoms with van der Waals surface area (Å²) in [7, 11) is 2.10. The van der Waals surface area contributed by atoms with E-state index in [4.69, 9.17) is 9.47 Å². The molecule has 0 aromatic rings. The molecule has 0 spiro atoms. The summed E-state index contributed by atoms with van der Waals surface area (Å²) in [5.41, 5.74) is 0. The second kappa shape index (κ2) is 16.5. The van der Waals surface area contributed by atoms with E-state index >= 15 is 0 Å². The van der Waals surface area contributed by atoms with Gasteiger partial charge in [0, 0.05) is 26.2 Å². The average Bonchev–Trinajstić information content (AvgIpc) is 2.53. The highest BCUT2D eigenvalue weighted by Gasteiger charge is 1.98. The first-order valence-corrected chi connectivity index (χ1v) is 8.60. The fraction of sp³-hybridized carbons (Fsp3) is 0.938. The minimum absolute atomic E-state index is 0.653. The number of nitrogens with one attached hydrogen (secondary N) is 2. The van der Waals surface area contributed by atoms with Crippen LogP contribution in [0.2, 0.25) is 0 Å². The van der Waals surface area contributed by atoms with Crippen molar-refractivity contribution in [2.24, 2.45) is 4.99 Å². The molecular formula is C16H36N4O2. The van der Waals surface area contributed by atoms with Gasteiger partial charge in [-0.25, -0.2) is 0 Å². The fourth-order valence-corrected chi connectivity index (χ4v) is 1.64. The SMILES string of the molecule is CCCCOCCOCCNC(=NCCN(C)CC)NCC. The molecule has 0 aromatic carbocycles. The van der Waals surface area contributed by atoms with Crippen molar-refractivity contribution >= 4 is 5.96 Å². The van der Waals surface area contributed by atoms with Crippen molar-refractivity contribution in [3.63, 3.8) is 0 Å². The molecule has 0 radical (unpaired) electrons. The minimum atomic E-state index is 0.653. The number of rotatable bonds is 14. The second-order valence-corrected chi connectivity index (χ2v) is 5.16. The molecule has 0 unspecified atom stereocenters. The third-order valence-electron chi connectivity index (χ3n) is 3.19. The van der Waals surface area contributed by atoms with Crippen LogP contribution in [-0.2, 0) is 9.47 Å². The Morgan fingerprint density at radius 1 is 1.00 bits per heavy atom. The third-order valence-corrected chi connectivity index (χ3v) is 3.19. The van der Waals surface area contributed by atoms with Gasteiger partial charge in [-0.3, -0.25) is 4.99 Å². The summed E-state index contributed by atoms with van der Waals surface area (Å²) in [4.78, 5) is 6.79. The van der Waals surface area contributed by atoms with Crippen molar-refractivity contribution < 1.29 is 9.47 Å². The Labute approximate surface area is 136 Å². The van der Waals surface area contributed by atoms with Crippen LogP contribution in [0.4, 0.5) is 0 Å². The summed E-state index contributed by atoms with van der Waals surface area (Å²) in [6.07, 6.45) is 2.29. The molecule has 0 rings (SSSR count). The van der Waals surface area contributed by atoms with Gasteiger partial charge in [-0.1, -0.05) is 20.3 Å². The van der Waals surface area contributed by atoms with E-state index < -0.39 is 0 Å². The van der Waals surface area contributed by atoms with Gasteiger partial charge in [-0.05, 0) is 26.9 Å². The first kappa shape index (κ1) is 21.1. The summed E-state index contributed by atoms with van der Waals surface area (Å²) >= 11 is 0. The van der Waals surface area contributed by atoms with Crippen molar-refractivity contribution in [2.45, 2.75) is 33.6 Å². The van der Waals surface area contributed by atoms with E-state index in [0.717, 1.165) is 51.7 Å². The van der Waals surface area contributed by atoms with E-state index in [1.54, 1.807) is 0 Å². The van der Waals surface area contributed by atoms with Gasteiger partial charge in [0.2, 0.25) is 0 Å². The van der Waals surface area contributed by atoms with Gasteiger partial charge in [0.05, 0.1) is 26.4 Å². The standard InChI is InChI=1S/C16H36N4O2/c1-5-8-12-21-14-15-22-13-10-19-16(17-6-2)18-9-11-20(4)7-3/h5-15H2,1-4H3,(H2,17,18,19). The Morgan fingerprint density at radius 3 is 2.36 bits per heavy atom. The van der Waals surface area contributed by atoms with Crippen LogP contribution < -0.4 is 10.6 Å². The third kappa shape index (κ3) is 14.1. The molecule has 0 amide bonds. The lowest BCUT2D eigenvalue weighted by atomic mass is 10.4. The zero-order valence-electron chi connectivity index (χ0n) is 15.0. The van der Waals surface area contributed by atoms with Crippen molar-refractivity contribution in [3.05, 3.63) is 0 Å². The van der Waals surface area contributed by atoms with Crippen LogP contribution in [-0.4, -0.2) is 77.1 Å². The highest BCUT2D eigenvalue weighted by molar-refractivity contribution is 5.79. The molecule has 6 nitrogen and oxygen atoms in total. The van der Waals surface area contributed by atoms with E-state index in [1.165, 1.54) is 6.42 Å². The lowest BCUT2D eigenvalue weighted by Gasteiger charge is -2.14. The molecule has 132 valence electrons.